The fourth-order valence-corrected chi connectivity index (χ4v) is 2.75. The molecule has 5 heteroatoms. The van der Waals surface area contributed by atoms with Gasteiger partial charge in [-0.1, -0.05) is 0 Å². The number of nitrogens with zero attached hydrogens (tertiary/aromatic N) is 2. The van der Waals surface area contributed by atoms with Crippen molar-refractivity contribution in [1.82, 2.24) is 15.3 Å². The van der Waals surface area contributed by atoms with Gasteiger partial charge in [-0.25, -0.2) is 4.98 Å². The Labute approximate surface area is 113 Å². The number of aromatic nitrogens is 2. The fraction of sp³-hybridized carbons (Fsp3) is 0.333. The van der Waals surface area contributed by atoms with E-state index < -0.39 is 0 Å². The third-order valence-electron chi connectivity index (χ3n) is 2.53. The van der Waals surface area contributed by atoms with Crippen molar-refractivity contribution < 1.29 is 0 Å². The van der Waals surface area contributed by atoms with Gasteiger partial charge >= 0.3 is 0 Å². The maximum absolute atomic E-state index is 4.40. The molecule has 2 aromatic heterocycles. The first-order valence-corrected chi connectivity index (χ1v) is 7.00. The summed E-state index contributed by atoms with van der Waals surface area (Å²) in [4.78, 5) is 9.95. The Morgan fingerprint density at radius 1 is 1.35 bits per heavy atom. The first-order chi connectivity index (χ1) is 8.19. The highest BCUT2D eigenvalue weighted by Crippen LogP contribution is 2.23. The van der Waals surface area contributed by atoms with E-state index in [0.717, 1.165) is 21.6 Å². The van der Waals surface area contributed by atoms with Crippen molar-refractivity contribution in [2.75, 3.05) is 7.05 Å². The third-order valence-corrected chi connectivity index (χ3v) is 4.03. The average molecular weight is 312 g/mol. The Balaban J connectivity index is 2.12. The zero-order valence-corrected chi connectivity index (χ0v) is 12.2. The molecule has 0 aromatic carbocycles. The normalized spacial score (nSPS) is 12.6. The molecule has 0 fully saturated rings. The molecule has 0 bridgehead atoms. The van der Waals surface area contributed by atoms with Gasteiger partial charge in [-0.05, 0) is 42.0 Å². The van der Waals surface area contributed by atoms with Crippen molar-refractivity contribution in [3.63, 3.8) is 0 Å². The number of nitrogens with one attached hydrogen (secondary N) is 1. The van der Waals surface area contributed by atoms with E-state index in [-0.39, 0.29) is 6.04 Å². The SMILES string of the molecule is CNC(Cc1ccc(Br)cn1)c1cnc(C)s1. The summed E-state index contributed by atoms with van der Waals surface area (Å²) in [7, 11) is 1.97. The molecule has 0 aliphatic rings. The van der Waals surface area contributed by atoms with Gasteiger partial charge < -0.3 is 5.32 Å². The van der Waals surface area contributed by atoms with E-state index in [4.69, 9.17) is 0 Å². The summed E-state index contributed by atoms with van der Waals surface area (Å²) in [6.45, 7) is 2.03. The highest BCUT2D eigenvalue weighted by atomic mass is 79.9. The second-order valence-electron chi connectivity index (χ2n) is 3.79. The van der Waals surface area contributed by atoms with E-state index in [1.807, 2.05) is 38.5 Å². The van der Waals surface area contributed by atoms with Gasteiger partial charge in [0.25, 0.3) is 0 Å². The van der Waals surface area contributed by atoms with Crippen LogP contribution in [-0.4, -0.2) is 17.0 Å². The quantitative estimate of drug-likeness (QED) is 0.942. The summed E-state index contributed by atoms with van der Waals surface area (Å²) in [5, 5.41) is 4.41. The number of pyridine rings is 1. The minimum atomic E-state index is 0.287. The molecule has 0 aliphatic heterocycles. The monoisotopic (exact) mass is 311 g/mol. The van der Waals surface area contributed by atoms with Crippen LogP contribution in [0, 0.1) is 6.92 Å². The predicted molar refractivity (Wildman–Crippen MR) is 74.3 cm³/mol. The van der Waals surface area contributed by atoms with Crippen LogP contribution >= 0.6 is 27.3 Å². The Morgan fingerprint density at radius 2 is 2.18 bits per heavy atom. The van der Waals surface area contributed by atoms with Gasteiger partial charge in [-0.15, -0.1) is 11.3 Å². The van der Waals surface area contributed by atoms with Crippen LogP contribution in [-0.2, 0) is 6.42 Å². The van der Waals surface area contributed by atoms with Gasteiger partial charge in [-0.2, -0.15) is 0 Å². The molecule has 1 atom stereocenters. The number of thiazole rings is 1. The van der Waals surface area contributed by atoms with E-state index >= 15 is 0 Å². The molecule has 1 unspecified atom stereocenters. The van der Waals surface area contributed by atoms with Crippen molar-refractivity contribution in [2.45, 2.75) is 19.4 Å². The van der Waals surface area contributed by atoms with Crippen molar-refractivity contribution in [3.8, 4) is 0 Å². The summed E-state index contributed by atoms with van der Waals surface area (Å²) in [6.07, 6.45) is 4.66. The van der Waals surface area contributed by atoms with Crippen molar-refractivity contribution in [3.05, 3.63) is 44.6 Å². The van der Waals surface area contributed by atoms with Gasteiger partial charge in [0.05, 0.1) is 5.01 Å². The fourth-order valence-electron chi connectivity index (χ4n) is 1.62. The van der Waals surface area contributed by atoms with Gasteiger partial charge in [0.15, 0.2) is 0 Å². The van der Waals surface area contributed by atoms with Crippen LogP contribution in [0.25, 0.3) is 0 Å². The molecule has 2 heterocycles. The Kier molecular flexibility index (Phi) is 4.25. The number of rotatable bonds is 4. The molecule has 0 amide bonds. The average Bonchev–Trinajstić information content (AvgIpc) is 2.75. The molecular weight excluding hydrogens is 298 g/mol. The molecule has 1 N–H and O–H groups in total. The second kappa shape index (κ2) is 5.71. The van der Waals surface area contributed by atoms with E-state index in [2.05, 4.69) is 31.2 Å². The summed E-state index contributed by atoms with van der Waals surface area (Å²) in [6, 6.07) is 4.35. The van der Waals surface area contributed by atoms with Gasteiger partial charge in [-0.3, -0.25) is 4.98 Å². The number of hydrogen-bond donors (Lipinski definition) is 1. The van der Waals surface area contributed by atoms with Gasteiger partial charge in [0.2, 0.25) is 0 Å². The topological polar surface area (TPSA) is 37.8 Å². The molecule has 2 rings (SSSR count). The van der Waals surface area contributed by atoms with Crippen molar-refractivity contribution in [1.29, 1.82) is 0 Å². The van der Waals surface area contributed by atoms with Crippen LogP contribution in [0.2, 0.25) is 0 Å². The highest BCUT2D eigenvalue weighted by molar-refractivity contribution is 9.10. The lowest BCUT2D eigenvalue weighted by Crippen LogP contribution is -2.18. The van der Waals surface area contributed by atoms with Crippen LogP contribution in [0.3, 0.4) is 0 Å². The third kappa shape index (κ3) is 3.34. The highest BCUT2D eigenvalue weighted by Gasteiger charge is 2.13. The number of likely N-dealkylation sites (N-methyl/N-ethyl adjacent to an activating group) is 1. The molecular formula is C12H14BrN3S. The van der Waals surface area contributed by atoms with E-state index in [1.54, 1.807) is 11.3 Å². The van der Waals surface area contributed by atoms with E-state index in [0.29, 0.717) is 0 Å². The predicted octanol–water partition coefficient (Wildman–Crippen LogP) is 3.11. The summed E-state index contributed by atoms with van der Waals surface area (Å²) >= 11 is 5.12. The smallest absolute Gasteiger partial charge is 0.0897 e. The summed E-state index contributed by atoms with van der Waals surface area (Å²) in [5.74, 6) is 0. The lowest BCUT2D eigenvalue weighted by atomic mass is 10.1. The summed E-state index contributed by atoms with van der Waals surface area (Å²) in [5.41, 5.74) is 1.08. The largest absolute Gasteiger partial charge is 0.312 e. The first-order valence-electron chi connectivity index (χ1n) is 5.39. The van der Waals surface area contributed by atoms with Gasteiger partial charge in [0, 0.05) is 39.9 Å². The maximum Gasteiger partial charge on any atom is 0.0897 e. The molecule has 0 saturated carbocycles. The van der Waals surface area contributed by atoms with E-state index in [1.165, 1.54) is 4.88 Å². The van der Waals surface area contributed by atoms with Crippen LogP contribution in [0.5, 0.6) is 0 Å². The Bertz CT molecular complexity index is 481. The molecule has 3 nitrogen and oxygen atoms in total. The lowest BCUT2D eigenvalue weighted by molar-refractivity contribution is 0.593. The van der Waals surface area contributed by atoms with Crippen LogP contribution in [0.15, 0.2) is 29.0 Å². The second-order valence-corrected chi connectivity index (χ2v) is 5.98. The molecule has 0 radical (unpaired) electrons. The van der Waals surface area contributed by atoms with Crippen molar-refractivity contribution >= 4 is 27.3 Å². The van der Waals surface area contributed by atoms with Crippen LogP contribution < -0.4 is 5.32 Å². The number of halogens is 1. The standard InChI is InChI=1S/C12H14BrN3S/c1-8-15-7-12(17-8)11(14-2)5-10-4-3-9(13)6-16-10/h3-4,6-7,11,14H,5H2,1-2H3. The van der Waals surface area contributed by atoms with Crippen molar-refractivity contribution in [2.24, 2.45) is 0 Å². The molecule has 0 saturated heterocycles. The zero-order valence-electron chi connectivity index (χ0n) is 9.77. The van der Waals surface area contributed by atoms with Crippen LogP contribution in [0.4, 0.5) is 0 Å². The maximum atomic E-state index is 4.40. The molecule has 0 aliphatic carbocycles. The zero-order chi connectivity index (χ0) is 12.3. The van der Waals surface area contributed by atoms with Gasteiger partial charge in [0.1, 0.15) is 0 Å². The Hall–Kier alpha value is -0.780. The number of hydrogen-bond acceptors (Lipinski definition) is 4. The lowest BCUT2D eigenvalue weighted by Gasteiger charge is -2.13. The first kappa shape index (κ1) is 12.7. The molecule has 17 heavy (non-hydrogen) atoms. The van der Waals surface area contributed by atoms with E-state index in [9.17, 15) is 0 Å². The molecule has 90 valence electrons. The van der Waals surface area contributed by atoms with Crippen LogP contribution in [0.1, 0.15) is 21.6 Å². The molecule has 2 aromatic rings. The minimum absolute atomic E-state index is 0.287. The number of aryl methyl sites for hydroxylation is 1. The Morgan fingerprint density at radius 3 is 2.71 bits per heavy atom. The minimum Gasteiger partial charge on any atom is -0.312 e. The summed E-state index contributed by atoms with van der Waals surface area (Å²) < 4.78 is 1.01. The molecule has 0 spiro atoms.